The first-order chi connectivity index (χ1) is 8.33. The Labute approximate surface area is 107 Å². The van der Waals surface area contributed by atoms with Gasteiger partial charge < -0.3 is 5.32 Å². The molecule has 3 rings (SSSR count). The van der Waals surface area contributed by atoms with E-state index >= 15 is 0 Å². The number of pyridine rings is 1. The molecule has 0 saturated carbocycles. The van der Waals surface area contributed by atoms with Gasteiger partial charge in [0.1, 0.15) is 0 Å². The second-order valence-corrected chi connectivity index (χ2v) is 5.44. The summed E-state index contributed by atoms with van der Waals surface area (Å²) in [5, 5.41) is 4.33. The van der Waals surface area contributed by atoms with Gasteiger partial charge in [0, 0.05) is 18.4 Å². The zero-order chi connectivity index (χ0) is 11.7. The Hall–Kier alpha value is -0.860. The van der Waals surface area contributed by atoms with E-state index in [2.05, 4.69) is 16.4 Å². The molecule has 0 spiro atoms. The molecule has 2 atom stereocenters. The highest BCUT2D eigenvalue weighted by atomic mass is 35.5. The minimum atomic E-state index is 0.562. The summed E-state index contributed by atoms with van der Waals surface area (Å²) in [5.74, 6) is 0.833. The minimum Gasteiger partial charge on any atom is -0.310 e. The Morgan fingerprint density at radius 2 is 2.24 bits per heavy atom. The summed E-state index contributed by atoms with van der Waals surface area (Å²) in [7, 11) is 0. The topological polar surface area (TPSA) is 24.9 Å². The highest BCUT2D eigenvalue weighted by Crippen LogP contribution is 2.34. The average Bonchev–Trinajstić information content (AvgIpc) is 2.38. The van der Waals surface area contributed by atoms with E-state index in [0.29, 0.717) is 6.04 Å². The van der Waals surface area contributed by atoms with Crippen LogP contribution in [0.3, 0.4) is 0 Å². The van der Waals surface area contributed by atoms with Gasteiger partial charge >= 0.3 is 0 Å². The summed E-state index contributed by atoms with van der Waals surface area (Å²) in [4.78, 5) is 4.17. The molecular formula is C14H17ClN2. The summed E-state index contributed by atoms with van der Waals surface area (Å²) in [6.45, 7) is 1.15. The van der Waals surface area contributed by atoms with Crippen molar-refractivity contribution >= 4 is 17.2 Å². The number of nitrogens with one attached hydrogen (secondary N) is 1. The van der Waals surface area contributed by atoms with E-state index in [-0.39, 0.29) is 0 Å². The Bertz CT molecular complexity index is 442. The number of rotatable bonds is 1. The summed E-state index contributed by atoms with van der Waals surface area (Å²) < 4.78 is 0. The lowest BCUT2D eigenvalue weighted by Crippen LogP contribution is -2.41. The third-order valence-corrected chi connectivity index (χ3v) is 4.09. The van der Waals surface area contributed by atoms with Gasteiger partial charge in [0.2, 0.25) is 0 Å². The fraction of sp³-hybridized carbons (Fsp3) is 0.500. The number of fused-ring (bicyclic) bond motifs is 1. The van der Waals surface area contributed by atoms with Gasteiger partial charge in [-0.1, -0.05) is 17.7 Å². The van der Waals surface area contributed by atoms with Crippen molar-refractivity contribution < 1.29 is 0 Å². The van der Waals surface area contributed by atoms with E-state index in [9.17, 15) is 0 Å². The standard InChI is InChI=1S/C14H17ClN2/c15-13-6-12(8-16-9-13)11-4-3-10-2-1-5-17-14(10)7-11/h6-10,14,17H,1-5H2. The van der Waals surface area contributed by atoms with E-state index in [4.69, 9.17) is 11.6 Å². The molecule has 0 amide bonds. The molecule has 2 nitrogen and oxygen atoms in total. The molecule has 3 heteroatoms. The van der Waals surface area contributed by atoms with E-state index in [0.717, 1.165) is 23.9 Å². The molecule has 0 aromatic carbocycles. The number of piperidine rings is 1. The van der Waals surface area contributed by atoms with Gasteiger partial charge in [-0.25, -0.2) is 0 Å². The maximum Gasteiger partial charge on any atom is 0.0595 e. The summed E-state index contributed by atoms with van der Waals surface area (Å²) in [5.41, 5.74) is 2.58. The van der Waals surface area contributed by atoms with Gasteiger partial charge in [0.05, 0.1) is 5.02 Å². The minimum absolute atomic E-state index is 0.562. The average molecular weight is 249 g/mol. The van der Waals surface area contributed by atoms with E-state index in [1.807, 2.05) is 12.3 Å². The predicted molar refractivity (Wildman–Crippen MR) is 71.0 cm³/mol. The number of allylic oxidation sites excluding steroid dienone is 1. The molecule has 1 N–H and O–H groups in total. The molecule has 0 radical (unpaired) electrons. The van der Waals surface area contributed by atoms with Crippen LogP contribution in [0, 0.1) is 5.92 Å². The zero-order valence-corrected chi connectivity index (χ0v) is 10.6. The maximum absolute atomic E-state index is 6.00. The third-order valence-electron chi connectivity index (χ3n) is 3.88. The first-order valence-electron chi connectivity index (χ1n) is 6.38. The van der Waals surface area contributed by atoms with Gasteiger partial charge in [0.25, 0.3) is 0 Å². The predicted octanol–water partition coefficient (Wildman–Crippen LogP) is 3.28. The van der Waals surface area contributed by atoms with Crippen molar-refractivity contribution in [1.29, 1.82) is 0 Å². The van der Waals surface area contributed by atoms with Crippen LogP contribution in [0.15, 0.2) is 24.5 Å². The molecule has 17 heavy (non-hydrogen) atoms. The summed E-state index contributed by atoms with van der Waals surface area (Å²) >= 11 is 6.00. The molecule has 2 unspecified atom stereocenters. The van der Waals surface area contributed by atoms with Crippen LogP contribution in [-0.4, -0.2) is 17.6 Å². The molecule has 1 aliphatic heterocycles. The number of nitrogens with zero attached hydrogens (tertiary/aromatic N) is 1. The van der Waals surface area contributed by atoms with E-state index in [1.165, 1.54) is 30.4 Å². The SMILES string of the molecule is Clc1cncc(C2=CC3NCCCC3CC2)c1. The Kier molecular flexibility index (Phi) is 3.17. The van der Waals surface area contributed by atoms with Crippen LogP contribution in [0.5, 0.6) is 0 Å². The van der Waals surface area contributed by atoms with Crippen LogP contribution in [0.4, 0.5) is 0 Å². The molecule has 1 aliphatic carbocycles. The van der Waals surface area contributed by atoms with Crippen LogP contribution in [0.1, 0.15) is 31.2 Å². The number of halogens is 1. The summed E-state index contributed by atoms with van der Waals surface area (Å²) in [6.07, 6.45) is 11.1. The van der Waals surface area contributed by atoms with Crippen LogP contribution in [0.2, 0.25) is 5.02 Å². The number of hydrogen-bond acceptors (Lipinski definition) is 2. The molecule has 1 fully saturated rings. The molecule has 90 valence electrons. The normalized spacial score (nSPS) is 28.4. The second-order valence-electron chi connectivity index (χ2n) is 5.00. The van der Waals surface area contributed by atoms with Crippen molar-refractivity contribution in [1.82, 2.24) is 10.3 Å². The van der Waals surface area contributed by atoms with Gasteiger partial charge in [0.15, 0.2) is 0 Å². The van der Waals surface area contributed by atoms with Gasteiger partial charge in [-0.15, -0.1) is 0 Å². The highest BCUT2D eigenvalue weighted by molar-refractivity contribution is 6.30. The quantitative estimate of drug-likeness (QED) is 0.825. The van der Waals surface area contributed by atoms with Crippen molar-refractivity contribution in [2.24, 2.45) is 5.92 Å². The number of aromatic nitrogens is 1. The van der Waals surface area contributed by atoms with Crippen LogP contribution < -0.4 is 5.32 Å². The fourth-order valence-electron chi connectivity index (χ4n) is 2.97. The maximum atomic E-state index is 6.00. The Morgan fingerprint density at radius 3 is 3.12 bits per heavy atom. The molecule has 1 saturated heterocycles. The largest absolute Gasteiger partial charge is 0.310 e. The van der Waals surface area contributed by atoms with Gasteiger partial charge in [-0.05, 0) is 55.3 Å². The van der Waals surface area contributed by atoms with Crippen LogP contribution >= 0.6 is 11.6 Å². The smallest absolute Gasteiger partial charge is 0.0595 e. The van der Waals surface area contributed by atoms with E-state index in [1.54, 1.807) is 6.20 Å². The summed E-state index contributed by atoms with van der Waals surface area (Å²) in [6, 6.07) is 2.58. The van der Waals surface area contributed by atoms with Crippen molar-refractivity contribution in [3.63, 3.8) is 0 Å². The lowest BCUT2D eigenvalue weighted by molar-refractivity contribution is 0.298. The van der Waals surface area contributed by atoms with Crippen molar-refractivity contribution in [2.45, 2.75) is 31.7 Å². The lowest BCUT2D eigenvalue weighted by Gasteiger charge is -2.35. The number of hydrogen-bond donors (Lipinski definition) is 1. The van der Waals surface area contributed by atoms with Crippen molar-refractivity contribution in [3.05, 3.63) is 35.1 Å². The Balaban J connectivity index is 1.86. The molecule has 2 aliphatic rings. The van der Waals surface area contributed by atoms with Gasteiger partial charge in [-0.2, -0.15) is 0 Å². The van der Waals surface area contributed by atoms with Crippen molar-refractivity contribution in [2.75, 3.05) is 6.54 Å². The van der Waals surface area contributed by atoms with Gasteiger partial charge in [-0.3, -0.25) is 4.98 Å². The third kappa shape index (κ3) is 2.38. The van der Waals surface area contributed by atoms with Crippen molar-refractivity contribution in [3.8, 4) is 0 Å². The zero-order valence-electron chi connectivity index (χ0n) is 9.82. The first-order valence-corrected chi connectivity index (χ1v) is 6.76. The fourth-order valence-corrected chi connectivity index (χ4v) is 3.14. The van der Waals surface area contributed by atoms with E-state index < -0.39 is 0 Å². The molecule has 1 aromatic rings. The highest BCUT2D eigenvalue weighted by Gasteiger charge is 2.27. The van der Waals surface area contributed by atoms with Crippen LogP contribution in [-0.2, 0) is 0 Å². The molecule has 1 aromatic heterocycles. The second kappa shape index (κ2) is 4.79. The molecule has 2 heterocycles. The molecule has 0 bridgehead atoms. The molecular weight excluding hydrogens is 232 g/mol. The lowest BCUT2D eigenvalue weighted by atomic mass is 9.79. The Morgan fingerprint density at radius 1 is 1.29 bits per heavy atom. The van der Waals surface area contributed by atoms with Crippen LogP contribution in [0.25, 0.3) is 5.57 Å². The monoisotopic (exact) mass is 248 g/mol. The first kappa shape index (κ1) is 11.2.